The van der Waals surface area contributed by atoms with Gasteiger partial charge < -0.3 is 5.32 Å². The number of hydrogen-bond acceptors (Lipinski definition) is 2. The molecule has 1 aliphatic heterocycles. The second kappa shape index (κ2) is 6.79. The van der Waals surface area contributed by atoms with Gasteiger partial charge in [-0.25, -0.2) is 8.78 Å². The van der Waals surface area contributed by atoms with E-state index in [1.807, 2.05) is 6.92 Å². The second-order valence-corrected chi connectivity index (χ2v) is 5.24. The van der Waals surface area contributed by atoms with Gasteiger partial charge in [0.1, 0.15) is 0 Å². The number of anilines is 1. The lowest BCUT2D eigenvalue weighted by molar-refractivity contribution is -0.120. The number of hydrogen-bond donors (Lipinski definition) is 1. The summed E-state index contributed by atoms with van der Waals surface area (Å²) in [7, 11) is 0. The maximum Gasteiger partial charge on any atom is 0.241 e. The van der Waals surface area contributed by atoms with Crippen molar-refractivity contribution >= 4 is 11.6 Å². The molecule has 1 aromatic carbocycles. The highest BCUT2D eigenvalue weighted by atomic mass is 19.2. The maximum atomic E-state index is 13.1. The lowest BCUT2D eigenvalue weighted by Gasteiger charge is -2.26. The molecule has 1 atom stereocenters. The standard InChI is InChI=1S/C15H20F2N2O/c1-11(19-8-4-2-3-5-9-19)15(20)18-12-6-7-13(16)14(17)10-12/h6-7,10-11H,2-5,8-9H2,1H3,(H,18,20). The molecule has 5 heteroatoms. The molecule has 1 fully saturated rings. The van der Waals surface area contributed by atoms with E-state index in [1.54, 1.807) is 0 Å². The highest BCUT2D eigenvalue weighted by Gasteiger charge is 2.22. The predicted octanol–water partition coefficient (Wildman–Crippen LogP) is 3.17. The van der Waals surface area contributed by atoms with Crippen LogP contribution in [-0.2, 0) is 4.79 Å². The Morgan fingerprint density at radius 1 is 1.15 bits per heavy atom. The van der Waals surface area contributed by atoms with E-state index in [1.165, 1.54) is 18.9 Å². The average Bonchev–Trinajstić information content (AvgIpc) is 2.71. The molecule has 1 saturated heterocycles. The Hall–Kier alpha value is -1.49. The summed E-state index contributed by atoms with van der Waals surface area (Å²) in [4.78, 5) is 14.3. The highest BCUT2D eigenvalue weighted by molar-refractivity contribution is 5.94. The van der Waals surface area contributed by atoms with E-state index >= 15 is 0 Å². The first kappa shape index (κ1) is 14.9. The van der Waals surface area contributed by atoms with Crippen LogP contribution in [-0.4, -0.2) is 29.9 Å². The van der Waals surface area contributed by atoms with Gasteiger partial charge >= 0.3 is 0 Å². The van der Waals surface area contributed by atoms with Gasteiger partial charge in [0, 0.05) is 11.8 Å². The minimum Gasteiger partial charge on any atom is -0.325 e. The van der Waals surface area contributed by atoms with Crippen LogP contribution in [0.2, 0.25) is 0 Å². The SMILES string of the molecule is CC(C(=O)Nc1ccc(F)c(F)c1)N1CCCCCC1. The third kappa shape index (κ3) is 3.76. The third-order valence-electron chi connectivity index (χ3n) is 3.75. The molecule has 0 bridgehead atoms. The molecule has 1 unspecified atom stereocenters. The molecule has 2 rings (SSSR count). The Bertz CT molecular complexity index is 471. The average molecular weight is 282 g/mol. The molecule has 1 aromatic rings. The zero-order chi connectivity index (χ0) is 14.5. The molecule has 20 heavy (non-hydrogen) atoms. The van der Waals surface area contributed by atoms with Crippen molar-refractivity contribution in [3.8, 4) is 0 Å². The van der Waals surface area contributed by atoms with Crippen molar-refractivity contribution < 1.29 is 13.6 Å². The first-order chi connectivity index (χ1) is 9.58. The molecule has 110 valence electrons. The number of carbonyl (C=O) groups is 1. The van der Waals surface area contributed by atoms with Crippen molar-refractivity contribution in [2.45, 2.75) is 38.6 Å². The molecule has 1 heterocycles. The topological polar surface area (TPSA) is 32.3 Å². The van der Waals surface area contributed by atoms with Crippen LogP contribution in [0.5, 0.6) is 0 Å². The smallest absolute Gasteiger partial charge is 0.241 e. The lowest BCUT2D eigenvalue weighted by Crippen LogP contribution is -2.42. The number of nitrogens with one attached hydrogen (secondary N) is 1. The van der Waals surface area contributed by atoms with Gasteiger partial charge in [0.05, 0.1) is 6.04 Å². The summed E-state index contributed by atoms with van der Waals surface area (Å²) < 4.78 is 25.9. The number of amides is 1. The monoisotopic (exact) mass is 282 g/mol. The molecule has 1 aliphatic rings. The van der Waals surface area contributed by atoms with Gasteiger partial charge in [0.2, 0.25) is 5.91 Å². The molecule has 0 aliphatic carbocycles. The van der Waals surface area contributed by atoms with Crippen LogP contribution in [0.1, 0.15) is 32.6 Å². The molecule has 0 radical (unpaired) electrons. The molecule has 0 spiro atoms. The highest BCUT2D eigenvalue weighted by Crippen LogP contribution is 2.16. The molecular weight excluding hydrogens is 262 g/mol. The van der Waals surface area contributed by atoms with Gasteiger partial charge in [-0.2, -0.15) is 0 Å². The summed E-state index contributed by atoms with van der Waals surface area (Å²) in [5.41, 5.74) is 0.288. The summed E-state index contributed by atoms with van der Waals surface area (Å²) in [6.07, 6.45) is 4.60. The van der Waals surface area contributed by atoms with Crippen molar-refractivity contribution in [1.82, 2.24) is 4.90 Å². The van der Waals surface area contributed by atoms with E-state index in [-0.39, 0.29) is 17.6 Å². The minimum absolute atomic E-state index is 0.182. The van der Waals surface area contributed by atoms with Crippen LogP contribution in [0.25, 0.3) is 0 Å². The maximum absolute atomic E-state index is 13.1. The van der Waals surface area contributed by atoms with Crippen molar-refractivity contribution in [3.63, 3.8) is 0 Å². The van der Waals surface area contributed by atoms with E-state index in [0.29, 0.717) is 0 Å². The van der Waals surface area contributed by atoms with Crippen LogP contribution < -0.4 is 5.32 Å². The van der Waals surface area contributed by atoms with Crippen molar-refractivity contribution in [3.05, 3.63) is 29.8 Å². The second-order valence-electron chi connectivity index (χ2n) is 5.24. The summed E-state index contributed by atoms with van der Waals surface area (Å²) >= 11 is 0. The number of likely N-dealkylation sites (tertiary alicyclic amines) is 1. The zero-order valence-electron chi connectivity index (χ0n) is 11.7. The predicted molar refractivity (Wildman–Crippen MR) is 74.5 cm³/mol. The first-order valence-corrected chi connectivity index (χ1v) is 7.08. The Kier molecular flexibility index (Phi) is 5.06. The molecular formula is C15H20F2N2O. The van der Waals surface area contributed by atoms with E-state index in [0.717, 1.165) is 38.1 Å². The molecule has 0 aromatic heterocycles. The lowest BCUT2D eigenvalue weighted by atomic mass is 10.2. The fraction of sp³-hybridized carbons (Fsp3) is 0.533. The zero-order valence-corrected chi connectivity index (χ0v) is 11.7. The summed E-state index contributed by atoms with van der Waals surface area (Å²) in [6, 6.07) is 3.12. The van der Waals surface area contributed by atoms with E-state index < -0.39 is 11.6 Å². The van der Waals surface area contributed by atoms with Gasteiger partial charge in [-0.05, 0) is 45.0 Å². The number of rotatable bonds is 3. The van der Waals surface area contributed by atoms with Gasteiger partial charge in [-0.3, -0.25) is 9.69 Å². The number of benzene rings is 1. The summed E-state index contributed by atoms with van der Waals surface area (Å²) in [6.45, 7) is 3.67. The molecule has 3 nitrogen and oxygen atoms in total. The normalized spacial score (nSPS) is 18.4. The van der Waals surface area contributed by atoms with E-state index in [2.05, 4.69) is 10.2 Å². The number of carbonyl (C=O) groups excluding carboxylic acids is 1. The number of nitrogens with zero attached hydrogens (tertiary/aromatic N) is 1. The van der Waals surface area contributed by atoms with Gasteiger partial charge in [-0.15, -0.1) is 0 Å². The first-order valence-electron chi connectivity index (χ1n) is 7.08. The van der Waals surface area contributed by atoms with E-state index in [9.17, 15) is 13.6 Å². The fourth-order valence-corrected chi connectivity index (χ4v) is 2.47. The van der Waals surface area contributed by atoms with E-state index in [4.69, 9.17) is 0 Å². The van der Waals surface area contributed by atoms with Crippen LogP contribution >= 0.6 is 0 Å². The molecule has 0 saturated carbocycles. The van der Waals surface area contributed by atoms with Gasteiger partial charge in [0.25, 0.3) is 0 Å². The Labute approximate surface area is 118 Å². The summed E-state index contributed by atoms with van der Waals surface area (Å²) in [5.74, 6) is -2.05. The van der Waals surface area contributed by atoms with Crippen molar-refractivity contribution in [2.24, 2.45) is 0 Å². The third-order valence-corrected chi connectivity index (χ3v) is 3.75. The van der Waals surface area contributed by atoms with Crippen LogP contribution in [0.3, 0.4) is 0 Å². The minimum atomic E-state index is -0.953. The van der Waals surface area contributed by atoms with Crippen molar-refractivity contribution in [2.75, 3.05) is 18.4 Å². The largest absolute Gasteiger partial charge is 0.325 e. The Morgan fingerprint density at radius 2 is 1.80 bits per heavy atom. The fourth-order valence-electron chi connectivity index (χ4n) is 2.47. The quantitative estimate of drug-likeness (QED) is 0.923. The van der Waals surface area contributed by atoms with Gasteiger partial charge in [0.15, 0.2) is 11.6 Å². The van der Waals surface area contributed by atoms with Crippen molar-refractivity contribution in [1.29, 1.82) is 0 Å². The number of halogens is 2. The Morgan fingerprint density at radius 3 is 2.40 bits per heavy atom. The Balaban J connectivity index is 1.97. The van der Waals surface area contributed by atoms with Crippen LogP contribution in [0, 0.1) is 11.6 Å². The van der Waals surface area contributed by atoms with Crippen LogP contribution in [0.15, 0.2) is 18.2 Å². The van der Waals surface area contributed by atoms with Gasteiger partial charge in [-0.1, -0.05) is 12.8 Å². The van der Waals surface area contributed by atoms with Crippen LogP contribution in [0.4, 0.5) is 14.5 Å². The summed E-state index contributed by atoms with van der Waals surface area (Å²) in [5, 5.41) is 2.64. The molecule has 1 N–H and O–H groups in total. The molecule has 1 amide bonds.